The van der Waals surface area contributed by atoms with Gasteiger partial charge in [-0.1, -0.05) is 144 Å². The zero-order valence-electron chi connectivity index (χ0n) is 36.5. The van der Waals surface area contributed by atoms with Crippen LogP contribution in [-0.2, 0) is 38.3 Å². The number of hydrogen-bond donors (Lipinski definition) is 4. The Kier molecular flexibility index (Phi) is 35.0. The summed E-state index contributed by atoms with van der Waals surface area (Å²) >= 11 is 0. The van der Waals surface area contributed by atoms with Crippen molar-refractivity contribution in [1.29, 1.82) is 0 Å². The molecule has 13 heteroatoms. The van der Waals surface area contributed by atoms with E-state index in [2.05, 4.69) is 90.9 Å². The quantitative estimate of drug-likeness (QED) is 0.0202. The highest BCUT2D eigenvalue weighted by molar-refractivity contribution is 7.80. The van der Waals surface area contributed by atoms with E-state index in [1.807, 2.05) is 12.2 Å². The van der Waals surface area contributed by atoms with Crippen molar-refractivity contribution < 1.29 is 56.2 Å². The van der Waals surface area contributed by atoms with Crippen LogP contribution in [0.1, 0.15) is 142 Å². The van der Waals surface area contributed by atoms with Crippen LogP contribution in [0.5, 0.6) is 0 Å². The molecule has 60 heavy (non-hydrogen) atoms. The van der Waals surface area contributed by atoms with Crippen LogP contribution >= 0.6 is 0 Å². The molecule has 1 aliphatic heterocycles. The number of aliphatic hydroxyl groups is 3. The molecule has 0 bridgehead atoms. The predicted molar refractivity (Wildman–Crippen MR) is 239 cm³/mol. The van der Waals surface area contributed by atoms with Crippen molar-refractivity contribution in [3.63, 3.8) is 0 Å². The minimum atomic E-state index is -5.08. The average Bonchev–Trinajstić information content (AvgIpc) is 3.22. The van der Waals surface area contributed by atoms with Crippen molar-refractivity contribution >= 4 is 16.4 Å². The van der Waals surface area contributed by atoms with Crippen molar-refractivity contribution in [2.75, 3.05) is 26.4 Å². The summed E-state index contributed by atoms with van der Waals surface area (Å²) in [6.07, 6.45) is 40.6. The van der Waals surface area contributed by atoms with E-state index in [-0.39, 0.29) is 19.6 Å². The number of rotatable bonds is 37. The van der Waals surface area contributed by atoms with Crippen LogP contribution in [0.2, 0.25) is 0 Å². The number of esters is 1. The zero-order valence-corrected chi connectivity index (χ0v) is 37.3. The Morgan fingerprint density at radius 3 is 1.68 bits per heavy atom. The summed E-state index contributed by atoms with van der Waals surface area (Å²) in [5.74, 6) is -0.487. The Morgan fingerprint density at radius 2 is 1.15 bits per heavy atom. The van der Waals surface area contributed by atoms with Crippen molar-refractivity contribution in [3.05, 3.63) is 85.1 Å². The maximum absolute atomic E-state index is 12.8. The van der Waals surface area contributed by atoms with E-state index in [9.17, 15) is 28.5 Å². The number of aliphatic hydroxyl groups excluding tert-OH is 3. The standard InChI is InChI=1S/C47H78O12S/c1-3-5-7-9-11-13-15-17-19-20-21-22-23-24-26-28-30-32-34-36-43(49)57-41(39-55-37-35-33-31-29-27-25-18-16-14-12-10-8-6-4-2)40-56-47-45(51)46(59-60(52,53)54)44(50)42(38-48)58-47/h5,7,11,13-14,16-17,19,21-22,24,26,30,32,41-42,44-48,50-51H,3-4,6,8-10,12,15,18,20,23,25,27-29,31,33-40H2,1-2H3,(H,52,53,54)/b7-5-,13-11-,16-14-,19-17-,22-21-,26-24-,32-30-. The molecule has 0 aromatic heterocycles. The predicted octanol–water partition coefficient (Wildman–Crippen LogP) is 9.29. The SMILES string of the molecule is CC/C=C\C/C=C\C/C=C\C/C=C\C/C=C\C/C=C\CCC(=O)OC(COCCCCCCCC/C=C\CCCCCC)COC1OC(CO)C(O)C(OS(=O)(=O)O)C1O. The number of carbonyl (C=O) groups is 1. The molecule has 0 aromatic carbocycles. The Labute approximate surface area is 362 Å². The van der Waals surface area contributed by atoms with Gasteiger partial charge < -0.3 is 34.3 Å². The molecule has 1 heterocycles. The molecular weight excluding hydrogens is 789 g/mol. The second kappa shape index (κ2) is 38.0. The van der Waals surface area contributed by atoms with Gasteiger partial charge in [-0.3, -0.25) is 9.35 Å². The second-order valence-corrected chi connectivity index (χ2v) is 15.9. The number of hydrogen-bond acceptors (Lipinski definition) is 11. The highest BCUT2D eigenvalue weighted by Gasteiger charge is 2.48. The smallest absolute Gasteiger partial charge is 0.397 e. The summed E-state index contributed by atoms with van der Waals surface area (Å²) < 4.78 is 58.9. The first kappa shape index (κ1) is 55.3. The third-order valence-corrected chi connectivity index (χ3v) is 9.98. The van der Waals surface area contributed by atoms with Crippen molar-refractivity contribution in [2.24, 2.45) is 0 Å². The minimum absolute atomic E-state index is 0.00372. The van der Waals surface area contributed by atoms with Crippen LogP contribution in [-0.4, -0.2) is 97.5 Å². The lowest BCUT2D eigenvalue weighted by Crippen LogP contribution is -2.60. The van der Waals surface area contributed by atoms with Gasteiger partial charge in [-0.15, -0.1) is 0 Å². The molecule has 1 saturated heterocycles. The van der Waals surface area contributed by atoms with E-state index >= 15 is 0 Å². The van der Waals surface area contributed by atoms with Gasteiger partial charge >= 0.3 is 16.4 Å². The van der Waals surface area contributed by atoms with Gasteiger partial charge in [-0.25, -0.2) is 4.18 Å². The third-order valence-electron chi connectivity index (χ3n) is 9.51. The molecule has 0 aliphatic carbocycles. The molecule has 1 aliphatic rings. The topological polar surface area (TPSA) is 178 Å². The fraction of sp³-hybridized carbons (Fsp3) is 0.681. The number of ether oxygens (including phenoxy) is 4. The van der Waals surface area contributed by atoms with E-state index in [4.69, 9.17) is 23.5 Å². The van der Waals surface area contributed by atoms with E-state index in [0.717, 1.165) is 70.6 Å². The minimum Gasteiger partial charge on any atom is -0.457 e. The summed E-state index contributed by atoms with van der Waals surface area (Å²) in [7, 11) is -5.08. The Hall–Kier alpha value is -2.72. The monoisotopic (exact) mass is 867 g/mol. The summed E-state index contributed by atoms with van der Waals surface area (Å²) in [4.78, 5) is 12.8. The molecule has 6 atom stereocenters. The van der Waals surface area contributed by atoms with E-state index in [1.165, 1.54) is 44.9 Å². The number of unbranched alkanes of at least 4 members (excludes halogenated alkanes) is 10. The van der Waals surface area contributed by atoms with Gasteiger partial charge in [0.2, 0.25) is 0 Å². The molecule has 344 valence electrons. The van der Waals surface area contributed by atoms with E-state index in [1.54, 1.807) is 0 Å². The van der Waals surface area contributed by atoms with Gasteiger partial charge in [0.1, 0.15) is 30.5 Å². The number of allylic oxidation sites excluding steroid dienone is 14. The molecule has 0 aromatic rings. The highest BCUT2D eigenvalue weighted by atomic mass is 32.3. The van der Waals surface area contributed by atoms with Gasteiger partial charge in [0.05, 0.1) is 19.8 Å². The van der Waals surface area contributed by atoms with Gasteiger partial charge in [0, 0.05) is 13.0 Å². The van der Waals surface area contributed by atoms with E-state index in [0.29, 0.717) is 13.0 Å². The van der Waals surface area contributed by atoms with E-state index < -0.39 is 59.8 Å². The first-order valence-electron chi connectivity index (χ1n) is 22.3. The number of carbonyl (C=O) groups excluding carboxylic acids is 1. The molecule has 12 nitrogen and oxygen atoms in total. The van der Waals surface area contributed by atoms with Gasteiger partial charge in [0.15, 0.2) is 6.29 Å². The second-order valence-electron chi connectivity index (χ2n) is 14.9. The molecule has 1 fully saturated rings. The maximum Gasteiger partial charge on any atom is 0.397 e. The third kappa shape index (κ3) is 31.2. The Balaban J connectivity index is 2.51. The van der Waals surface area contributed by atoms with Crippen LogP contribution < -0.4 is 0 Å². The summed E-state index contributed by atoms with van der Waals surface area (Å²) in [5.41, 5.74) is 0. The molecular formula is C47H78O12S. The lowest BCUT2D eigenvalue weighted by molar-refractivity contribution is -0.301. The zero-order chi connectivity index (χ0) is 43.9. The van der Waals surface area contributed by atoms with Crippen LogP contribution in [0, 0.1) is 0 Å². The van der Waals surface area contributed by atoms with Gasteiger partial charge in [-0.2, -0.15) is 8.42 Å². The molecule has 4 N–H and O–H groups in total. The largest absolute Gasteiger partial charge is 0.457 e. The van der Waals surface area contributed by atoms with Crippen molar-refractivity contribution in [1.82, 2.24) is 0 Å². The molecule has 1 rings (SSSR count). The van der Waals surface area contributed by atoms with Crippen LogP contribution in [0.4, 0.5) is 0 Å². The van der Waals surface area contributed by atoms with Crippen molar-refractivity contribution in [2.45, 2.75) is 179 Å². The Morgan fingerprint density at radius 1 is 0.650 bits per heavy atom. The fourth-order valence-corrected chi connectivity index (χ4v) is 6.67. The molecule has 0 radical (unpaired) electrons. The molecule has 0 spiro atoms. The summed E-state index contributed by atoms with van der Waals surface area (Å²) in [6, 6.07) is 0. The van der Waals surface area contributed by atoms with Crippen LogP contribution in [0.15, 0.2) is 85.1 Å². The Bertz CT molecular complexity index is 1370. The summed E-state index contributed by atoms with van der Waals surface area (Å²) in [5, 5.41) is 30.6. The lowest BCUT2D eigenvalue weighted by atomic mass is 9.99. The highest BCUT2D eigenvalue weighted by Crippen LogP contribution is 2.26. The van der Waals surface area contributed by atoms with Gasteiger partial charge in [-0.05, 0) is 77.0 Å². The fourth-order valence-electron chi connectivity index (χ4n) is 6.16. The van der Waals surface area contributed by atoms with Crippen LogP contribution in [0.3, 0.4) is 0 Å². The lowest BCUT2D eigenvalue weighted by Gasteiger charge is -2.41. The summed E-state index contributed by atoms with van der Waals surface area (Å²) in [6.45, 7) is 3.73. The van der Waals surface area contributed by atoms with Crippen molar-refractivity contribution in [3.8, 4) is 0 Å². The first-order chi connectivity index (χ1) is 29.1. The maximum atomic E-state index is 12.8. The van der Waals surface area contributed by atoms with Gasteiger partial charge in [0.25, 0.3) is 0 Å². The first-order valence-corrected chi connectivity index (χ1v) is 23.7. The average molecular weight is 867 g/mol. The molecule has 0 amide bonds. The molecule has 6 unspecified atom stereocenters. The van der Waals surface area contributed by atoms with Crippen LogP contribution in [0.25, 0.3) is 0 Å². The molecule has 0 saturated carbocycles. The normalized spacial score (nSPS) is 21.1.